The van der Waals surface area contributed by atoms with Crippen LogP contribution >= 0.6 is 12.2 Å². The van der Waals surface area contributed by atoms with Crippen LogP contribution in [-0.2, 0) is 0 Å². The molecule has 0 bridgehead atoms. The predicted octanol–water partition coefficient (Wildman–Crippen LogP) is 2.65. The molecule has 1 heterocycles. The van der Waals surface area contributed by atoms with Gasteiger partial charge in [0.25, 0.3) is 0 Å². The number of hydrogen-bond donors (Lipinski definition) is 1. The van der Waals surface area contributed by atoms with E-state index in [2.05, 4.69) is 23.7 Å². The van der Waals surface area contributed by atoms with Gasteiger partial charge in [0.2, 0.25) is 0 Å². The molecule has 3 nitrogen and oxygen atoms in total. The lowest BCUT2D eigenvalue weighted by Gasteiger charge is -2.23. The van der Waals surface area contributed by atoms with E-state index in [9.17, 15) is 0 Å². The first-order valence-corrected chi connectivity index (χ1v) is 6.52. The van der Waals surface area contributed by atoms with Gasteiger partial charge in [-0.15, -0.1) is 0 Å². The van der Waals surface area contributed by atoms with Crippen molar-refractivity contribution >= 4 is 23.0 Å². The number of pyridine rings is 1. The van der Waals surface area contributed by atoms with Crippen molar-refractivity contribution in [2.75, 3.05) is 18.0 Å². The van der Waals surface area contributed by atoms with Crippen molar-refractivity contribution in [3.63, 3.8) is 0 Å². The number of thiocarbonyl (C=S) groups is 1. The second-order valence-corrected chi connectivity index (χ2v) is 4.65. The SMILES string of the molecule is CCCN(CCC)c1cc(C(N)=S)cc(C)n1. The molecule has 0 saturated heterocycles. The van der Waals surface area contributed by atoms with E-state index in [0.29, 0.717) is 4.99 Å². The second-order valence-electron chi connectivity index (χ2n) is 4.21. The zero-order chi connectivity index (χ0) is 12.8. The summed E-state index contributed by atoms with van der Waals surface area (Å²) in [7, 11) is 0. The molecule has 0 aliphatic carbocycles. The first-order valence-electron chi connectivity index (χ1n) is 6.11. The van der Waals surface area contributed by atoms with Crippen molar-refractivity contribution in [2.24, 2.45) is 5.73 Å². The highest BCUT2D eigenvalue weighted by Gasteiger charge is 2.09. The van der Waals surface area contributed by atoms with Crippen molar-refractivity contribution in [3.8, 4) is 0 Å². The van der Waals surface area contributed by atoms with E-state index >= 15 is 0 Å². The van der Waals surface area contributed by atoms with Crippen molar-refractivity contribution < 1.29 is 0 Å². The average molecular weight is 251 g/mol. The summed E-state index contributed by atoms with van der Waals surface area (Å²) < 4.78 is 0. The number of aromatic nitrogens is 1. The third kappa shape index (κ3) is 3.97. The number of aryl methyl sites for hydroxylation is 1. The first-order chi connectivity index (χ1) is 8.08. The Balaban J connectivity index is 3.04. The van der Waals surface area contributed by atoms with Crippen LogP contribution in [0.15, 0.2) is 12.1 Å². The molecule has 1 rings (SSSR count). The summed E-state index contributed by atoms with van der Waals surface area (Å²) in [5.41, 5.74) is 7.55. The Morgan fingerprint density at radius 3 is 2.35 bits per heavy atom. The monoisotopic (exact) mass is 251 g/mol. The topological polar surface area (TPSA) is 42.1 Å². The summed E-state index contributed by atoms with van der Waals surface area (Å²) in [6, 6.07) is 3.92. The lowest BCUT2D eigenvalue weighted by Crippen LogP contribution is -2.26. The summed E-state index contributed by atoms with van der Waals surface area (Å²) in [4.78, 5) is 7.29. The standard InChI is InChI=1S/C13H21N3S/c1-4-6-16(7-5-2)12-9-11(13(14)17)8-10(3)15-12/h8-9H,4-7H2,1-3H3,(H2,14,17). The lowest BCUT2D eigenvalue weighted by molar-refractivity contribution is 0.733. The van der Waals surface area contributed by atoms with E-state index in [1.54, 1.807) is 0 Å². The van der Waals surface area contributed by atoms with E-state index in [1.165, 1.54) is 0 Å². The molecule has 94 valence electrons. The highest BCUT2D eigenvalue weighted by molar-refractivity contribution is 7.80. The maximum absolute atomic E-state index is 5.68. The summed E-state index contributed by atoms with van der Waals surface area (Å²) in [6.07, 6.45) is 2.22. The molecular weight excluding hydrogens is 230 g/mol. The molecule has 0 fully saturated rings. The molecule has 0 spiro atoms. The average Bonchev–Trinajstić information content (AvgIpc) is 2.28. The Morgan fingerprint density at radius 2 is 1.88 bits per heavy atom. The van der Waals surface area contributed by atoms with E-state index in [0.717, 1.165) is 43.0 Å². The minimum absolute atomic E-state index is 0.435. The van der Waals surface area contributed by atoms with E-state index < -0.39 is 0 Å². The number of nitrogens with zero attached hydrogens (tertiary/aromatic N) is 2. The molecule has 0 aromatic carbocycles. The van der Waals surface area contributed by atoms with E-state index in [1.807, 2.05) is 19.1 Å². The zero-order valence-corrected chi connectivity index (χ0v) is 11.7. The highest BCUT2D eigenvalue weighted by Crippen LogP contribution is 2.16. The second kappa shape index (κ2) is 6.55. The van der Waals surface area contributed by atoms with E-state index in [-0.39, 0.29) is 0 Å². The minimum atomic E-state index is 0.435. The van der Waals surface area contributed by atoms with Gasteiger partial charge in [-0.2, -0.15) is 0 Å². The molecule has 1 aromatic rings. The van der Waals surface area contributed by atoms with Crippen LogP contribution in [0.3, 0.4) is 0 Å². The largest absolute Gasteiger partial charge is 0.389 e. The van der Waals surface area contributed by atoms with Crippen LogP contribution in [0.4, 0.5) is 5.82 Å². The van der Waals surface area contributed by atoms with Gasteiger partial charge in [0.1, 0.15) is 10.8 Å². The van der Waals surface area contributed by atoms with Crippen molar-refractivity contribution in [3.05, 3.63) is 23.4 Å². The lowest BCUT2D eigenvalue weighted by atomic mass is 10.2. The maximum atomic E-state index is 5.68. The van der Waals surface area contributed by atoms with Gasteiger partial charge in [0, 0.05) is 24.3 Å². The van der Waals surface area contributed by atoms with Crippen LogP contribution in [0.5, 0.6) is 0 Å². The molecule has 0 unspecified atom stereocenters. The molecule has 0 aliphatic rings. The fourth-order valence-electron chi connectivity index (χ4n) is 1.84. The highest BCUT2D eigenvalue weighted by atomic mass is 32.1. The summed E-state index contributed by atoms with van der Waals surface area (Å²) in [5, 5.41) is 0. The van der Waals surface area contributed by atoms with Crippen molar-refractivity contribution in [2.45, 2.75) is 33.6 Å². The third-order valence-corrected chi connectivity index (χ3v) is 2.77. The Labute approximate surface area is 109 Å². The summed E-state index contributed by atoms with van der Waals surface area (Å²) in [5.74, 6) is 0.983. The van der Waals surface area contributed by atoms with Gasteiger partial charge < -0.3 is 10.6 Å². The van der Waals surface area contributed by atoms with Crippen LogP contribution in [0.25, 0.3) is 0 Å². The third-order valence-electron chi connectivity index (χ3n) is 2.54. The smallest absolute Gasteiger partial charge is 0.129 e. The van der Waals surface area contributed by atoms with Crippen molar-refractivity contribution in [1.82, 2.24) is 4.98 Å². The number of nitrogens with two attached hydrogens (primary N) is 1. The molecule has 4 heteroatoms. The fraction of sp³-hybridized carbons (Fsp3) is 0.538. The number of rotatable bonds is 6. The van der Waals surface area contributed by atoms with Crippen LogP contribution in [0.2, 0.25) is 0 Å². The molecule has 2 N–H and O–H groups in total. The Bertz CT molecular complexity index is 384. The quantitative estimate of drug-likeness (QED) is 0.789. The van der Waals surface area contributed by atoms with Crippen LogP contribution in [0.1, 0.15) is 37.9 Å². The first kappa shape index (κ1) is 13.9. The summed E-state index contributed by atoms with van der Waals surface area (Å²) in [6.45, 7) is 8.35. The molecular formula is C13H21N3S. The van der Waals surface area contributed by atoms with Crippen LogP contribution < -0.4 is 10.6 Å². The Morgan fingerprint density at radius 1 is 1.29 bits per heavy atom. The van der Waals surface area contributed by atoms with Crippen LogP contribution in [0, 0.1) is 6.92 Å². The van der Waals surface area contributed by atoms with Gasteiger partial charge >= 0.3 is 0 Å². The van der Waals surface area contributed by atoms with E-state index in [4.69, 9.17) is 18.0 Å². The zero-order valence-electron chi connectivity index (χ0n) is 10.9. The Hall–Kier alpha value is -1.16. The summed E-state index contributed by atoms with van der Waals surface area (Å²) >= 11 is 5.03. The van der Waals surface area contributed by atoms with Gasteiger partial charge in [0.15, 0.2) is 0 Å². The number of hydrogen-bond acceptors (Lipinski definition) is 3. The molecule has 1 aromatic heterocycles. The molecule has 0 radical (unpaired) electrons. The van der Waals surface area contributed by atoms with Gasteiger partial charge in [-0.3, -0.25) is 0 Å². The molecule has 0 amide bonds. The fourth-order valence-corrected chi connectivity index (χ4v) is 1.95. The molecule has 0 saturated carbocycles. The molecule has 0 aliphatic heterocycles. The number of anilines is 1. The predicted molar refractivity (Wildman–Crippen MR) is 77.7 cm³/mol. The molecule has 0 atom stereocenters. The van der Waals surface area contributed by atoms with Gasteiger partial charge in [-0.25, -0.2) is 4.98 Å². The molecule has 17 heavy (non-hydrogen) atoms. The minimum Gasteiger partial charge on any atom is -0.389 e. The van der Waals surface area contributed by atoms with Gasteiger partial charge in [-0.05, 0) is 31.9 Å². The van der Waals surface area contributed by atoms with Gasteiger partial charge in [-0.1, -0.05) is 26.1 Å². The van der Waals surface area contributed by atoms with Crippen molar-refractivity contribution in [1.29, 1.82) is 0 Å². The van der Waals surface area contributed by atoms with Crippen LogP contribution in [-0.4, -0.2) is 23.1 Å². The Kier molecular flexibility index (Phi) is 5.35. The normalized spacial score (nSPS) is 10.3. The van der Waals surface area contributed by atoms with Gasteiger partial charge in [0.05, 0.1) is 0 Å². The maximum Gasteiger partial charge on any atom is 0.129 e.